The summed E-state index contributed by atoms with van der Waals surface area (Å²) in [6.45, 7) is 4.42. The lowest BCUT2D eigenvalue weighted by molar-refractivity contribution is 0.602. The lowest BCUT2D eigenvalue weighted by atomic mass is 10.3. The summed E-state index contributed by atoms with van der Waals surface area (Å²) in [5.41, 5.74) is 0.664. The molecule has 0 unspecified atom stereocenters. The van der Waals surface area contributed by atoms with Crippen LogP contribution in [0, 0.1) is 0 Å². The van der Waals surface area contributed by atoms with Crippen LogP contribution in [0.4, 0.5) is 0 Å². The van der Waals surface area contributed by atoms with E-state index in [-0.39, 0.29) is 4.90 Å². The van der Waals surface area contributed by atoms with Gasteiger partial charge in [0.2, 0.25) is 0 Å². The third-order valence-electron chi connectivity index (χ3n) is 1.81. The molecule has 0 aliphatic rings. The van der Waals surface area contributed by atoms with Gasteiger partial charge in [-0.05, 0) is 13.3 Å². The number of hydrogen-bond acceptors (Lipinski definition) is 3. The molecule has 4 nitrogen and oxygen atoms in total. The Balaban J connectivity index is 3.32. The minimum Gasteiger partial charge on any atom is -0.268 e. The number of hydrogen-bond donors (Lipinski definition) is 0. The van der Waals surface area contributed by atoms with Crippen molar-refractivity contribution in [2.45, 2.75) is 31.7 Å². The predicted octanol–water partition coefficient (Wildman–Crippen LogP) is 1.39. The number of nitrogens with zero attached hydrogens (tertiary/aromatic N) is 2. The van der Waals surface area contributed by atoms with Crippen molar-refractivity contribution in [2.75, 3.05) is 0 Å². The Labute approximate surface area is 81.9 Å². The van der Waals surface area contributed by atoms with Gasteiger partial charge in [0, 0.05) is 17.2 Å². The smallest absolute Gasteiger partial charge is 0.264 e. The van der Waals surface area contributed by atoms with Gasteiger partial charge in [0.25, 0.3) is 9.05 Å². The minimum atomic E-state index is -3.65. The molecule has 0 saturated heterocycles. The summed E-state index contributed by atoms with van der Waals surface area (Å²) in [7, 11) is 1.59. The van der Waals surface area contributed by atoms with Gasteiger partial charge in [-0.3, -0.25) is 4.68 Å². The fourth-order valence-electron chi connectivity index (χ4n) is 1.23. The Morgan fingerprint density at radius 1 is 1.54 bits per heavy atom. The highest BCUT2D eigenvalue weighted by Crippen LogP contribution is 2.19. The van der Waals surface area contributed by atoms with Gasteiger partial charge >= 0.3 is 0 Å². The third kappa shape index (κ3) is 2.03. The lowest BCUT2D eigenvalue weighted by Gasteiger charge is -2.02. The van der Waals surface area contributed by atoms with Crippen LogP contribution in [-0.2, 0) is 22.0 Å². The molecule has 1 aromatic heterocycles. The summed E-state index contributed by atoms with van der Waals surface area (Å²) in [4.78, 5) is 0.124. The van der Waals surface area contributed by atoms with E-state index in [1.165, 1.54) is 6.20 Å². The number of rotatable bonds is 3. The van der Waals surface area contributed by atoms with E-state index in [1.807, 2.05) is 13.8 Å². The monoisotopic (exact) mass is 222 g/mol. The van der Waals surface area contributed by atoms with Gasteiger partial charge in [0.05, 0.1) is 11.9 Å². The summed E-state index contributed by atoms with van der Waals surface area (Å²) in [6.07, 6.45) is 1.90. The van der Waals surface area contributed by atoms with Crippen LogP contribution in [0.2, 0.25) is 0 Å². The van der Waals surface area contributed by atoms with Gasteiger partial charge in [0.1, 0.15) is 4.90 Å². The van der Waals surface area contributed by atoms with Gasteiger partial charge in [-0.15, -0.1) is 0 Å². The van der Waals surface area contributed by atoms with Crippen LogP contribution in [0.3, 0.4) is 0 Å². The van der Waals surface area contributed by atoms with Crippen molar-refractivity contribution < 1.29 is 8.42 Å². The first-order valence-electron chi connectivity index (χ1n) is 4.00. The normalized spacial score (nSPS) is 11.9. The van der Waals surface area contributed by atoms with Crippen LogP contribution in [0.5, 0.6) is 0 Å². The third-order valence-corrected chi connectivity index (χ3v) is 3.17. The van der Waals surface area contributed by atoms with Crippen molar-refractivity contribution in [1.29, 1.82) is 0 Å². The Morgan fingerprint density at radius 3 is 2.54 bits per heavy atom. The summed E-state index contributed by atoms with van der Waals surface area (Å²) in [5, 5.41) is 3.92. The van der Waals surface area contributed by atoms with Crippen molar-refractivity contribution in [3.8, 4) is 0 Å². The quantitative estimate of drug-likeness (QED) is 0.727. The molecular formula is C7H11ClN2O2S. The first-order chi connectivity index (χ1) is 6.00. The highest BCUT2D eigenvalue weighted by molar-refractivity contribution is 8.13. The molecule has 74 valence electrons. The van der Waals surface area contributed by atoms with Gasteiger partial charge in [-0.2, -0.15) is 5.10 Å². The largest absolute Gasteiger partial charge is 0.268 e. The second-order valence-corrected chi connectivity index (χ2v) is 5.10. The average molecular weight is 223 g/mol. The van der Waals surface area contributed by atoms with Crippen LogP contribution < -0.4 is 0 Å². The molecule has 1 heterocycles. The molecule has 0 amide bonds. The molecular weight excluding hydrogens is 212 g/mol. The highest BCUT2D eigenvalue weighted by atomic mass is 35.7. The maximum Gasteiger partial charge on any atom is 0.264 e. The van der Waals surface area contributed by atoms with Crippen LogP contribution in [0.15, 0.2) is 11.1 Å². The number of aromatic nitrogens is 2. The SMILES string of the molecule is CCc1c(S(=O)(=O)Cl)cnn1CC. The molecule has 0 N–H and O–H groups in total. The van der Waals surface area contributed by atoms with E-state index in [0.717, 1.165) is 0 Å². The Kier molecular flexibility index (Phi) is 2.98. The molecule has 1 rings (SSSR count). The fraction of sp³-hybridized carbons (Fsp3) is 0.571. The first-order valence-corrected chi connectivity index (χ1v) is 6.31. The van der Waals surface area contributed by atoms with Crippen molar-refractivity contribution in [1.82, 2.24) is 9.78 Å². The van der Waals surface area contributed by atoms with Gasteiger partial charge in [0.15, 0.2) is 0 Å². The summed E-state index contributed by atoms with van der Waals surface area (Å²) in [6, 6.07) is 0. The minimum absolute atomic E-state index is 0.124. The Hall–Kier alpha value is -0.550. The van der Waals surface area contributed by atoms with E-state index >= 15 is 0 Å². The topological polar surface area (TPSA) is 52.0 Å². The maximum absolute atomic E-state index is 11.1. The number of halogens is 1. The van der Waals surface area contributed by atoms with Crippen LogP contribution >= 0.6 is 10.7 Å². The molecule has 0 aliphatic heterocycles. The van der Waals surface area contributed by atoms with E-state index in [0.29, 0.717) is 18.7 Å². The molecule has 1 aromatic rings. The Bertz CT molecular complexity index is 397. The molecule has 13 heavy (non-hydrogen) atoms. The molecule has 0 bridgehead atoms. The molecule has 0 aromatic carbocycles. The molecule has 0 aliphatic carbocycles. The molecule has 0 spiro atoms. The predicted molar refractivity (Wildman–Crippen MR) is 50.3 cm³/mol. The van der Waals surface area contributed by atoms with Crippen molar-refractivity contribution >= 4 is 19.7 Å². The van der Waals surface area contributed by atoms with Gasteiger partial charge in [-0.1, -0.05) is 6.92 Å². The summed E-state index contributed by atoms with van der Waals surface area (Å²) in [5.74, 6) is 0. The second-order valence-electron chi connectivity index (χ2n) is 2.56. The van der Waals surface area contributed by atoms with E-state index in [4.69, 9.17) is 10.7 Å². The van der Waals surface area contributed by atoms with E-state index in [2.05, 4.69) is 5.10 Å². The van der Waals surface area contributed by atoms with Crippen molar-refractivity contribution in [2.24, 2.45) is 0 Å². The molecule has 0 atom stereocenters. The van der Waals surface area contributed by atoms with Crippen molar-refractivity contribution in [3.05, 3.63) is 11.9 Å². The maximum atomic E-state index is 11.1. The van der Waals surface area contributed by atoms with Crippen LogP contribution in [0.1, 0.15) is 19.5 Å². The first kappa shape index (κ1) is 10.5. The molecule has 0 saturated carbocycles. The van der Waals surface area contributed by atoms with Gasteiger partial charge < -0.3 is 0 Å². The zero-order chi connectivity index (χ0) is 10.1. The van der Waals surface area contributed by atoms with Crippen molar-refractivity contribution in [3.63, 3.8) is 0 Å². The summed E-state index contributed by atoms with van der Waals surface area (Å²) < 4.78 is 23.7. The van der Waals surface area contributed by atoms with Gasteiger partial charge in [-0.25, -0.2) is 8.42 Å². The number of aryl methyl sites for hydroxylation is 1. The average Bonchev–Trinajstić information content (AvgIpc) is 2.45. The molecule has 0 fully saturated rings. The standard InChI is InChI=1S/C7H11ClN2O2S/c1-3-6-7(13(8,11)12)5-9-10(6)4-2/h5H,3-4H2,1-2H3. The fourth-order valence-corrected chi connectivity index (χ4v) is 2.32. The zero-order valence-corrected chi connectivity index (χ0v) is 9.06. The summed E-state index contributed by atoms with van der Waals surface area (Å²) >= 11 is 0. The Morgan fingerprint density at radius 2 is 2.15 bits per heavy atom. The second kappa shape index (κ2) is 3.67. The van der Waals surface area contributed by atoms with E-state index in [9.17, 15) is 8.42 Å². The van der Waals surface area contributed by atoms with Crippen LogP contribution in [0.25, 0.3) is 0 Å². The van der Waals surface area contributed by atoms with E-state index < -0.39 is 9.05 Å². The lowest BCUT2D eigenvalue weighted by Crippen LogP contribution is -2.03. The zero-order valence-electron chi connectivity index (χ0n) is 7.49. The molecule has 0 radical (unpaired) electrons. The van der Waals surface area contributed by atoms with E-state index in [1.54, 1.807) is 4.68 Å². The highest BCUT2D eigenvalue weighted by Gasteiger charge is 2.18. The van der Waals surface area contributed by atoms with Crippen LogP contribution in [-0.4, -0.2) is 18.2 Å². The molecule has 6 heteroatoms.